The molecule has 0 fully saturated rings. The molecular formula is C6H14N2. The quantitative estimate of drug-likeness (QED) is 0.312. The van der Waals surface area contributed by atoms with E-state index < -0.39 is 0 Å². The van der Waals surface area contributed by atoms with Gasteiger partial charge in [0.25, 0.3) is 0 Å². The lowest BCUT2D eigenvalue weighted by Gasteiger charge is -2.13. The summed E-state index contributed by atoms with van der Waals surface area (Å²) in [7, 11) is 0. The van der Waals surface area contributed by atoms with Crippen LogP contribution >= 0.6 is 0 Å². The fourth-order valence-corrected chi connectivity index (χ4v) is 0.327. The molecule has 0 heterocycles. The summed E-state index contributed by atoms with van der Waals surface area (Å²) in [6.07, 6.45) is 2.68. The molecule has 0 bridgehead atoms. The summed E-state index contributed by atoms with van der Waals surface area (Å²) in [5.41, 5.74) is 0.322. The van der Waals surface area contributed by atoms with Crippen LogP contribution in [0.5, 0.6) is 0 Å². The summed E-state index contributed by atoms with van der Waals surface area (Å²) < 4.78 is 0. The van der Waals surface area contributed by atoms with Crippen LogP contribution in [-0.2, 0) is 0 Å². The third-order valence-electron chi connectivity index (χ3n) is 0.809. The molecule has 2 N–H and O–H groups in total. The van der Waals surface area contributed by atoms with E-state index in [0.717, 1.165) is 6.42 Å². The van der Waals surface area contributed by atoms with Crippen LogP contribution < -0.4 is 5.84 Å². The molecule has 0 aliphatic heterocycles. The largest absolute Gasteiger partial charge is 0.324 e. The Bertz CT molecular complexity index is 79.0. The zero-order valence-corrected chi connectivity index (χ0v) is 5.81. The summed E-state index contributed by atoms with van der Waals surface area (Å²) >= 11 is 0. The molecule has 0 aliphatic rings. The Labute approximate surface area is 50.8 Å². The van der Waals surface area contributed by atoms with Crippen LogP contribution in [0, 0.1) is 5.41 Å². The SMILES string of the molecule is CC(C)(C)C/C=N/N. The number of nitrogens with zero attached hydrogens (tertiary/aromatic N) is 1. The van der Waals surface area contributed by atoms with Crippen molar-refractivity contribution in [2.75, 3.05) is 0 Å². The minimum Gasteiger partial charge on any atom is -0.324 e. The van der Waals surface area contributed by atoms with Crippen molar-refractivity contribution >= 4 is 6.21 Å². The molecule has 0 amide bonds. The monoisotopic (exact) mass is 114 g/mol. The number of hydrogen-bond donors (Lipinski definition) is 1. The fourth-order valence-electron chi connectivity index (χ4n) is 0.327. The molecule has 0 unspecified atom stereocenters. The Kier molecular flexibility index (Phi) is 2.52. The van der Waals surface area contributed by atoms with Crippen molar-refractivity contribution in [1.82, 2.24) is 0 Å². The van der Waals surface area contributed by atoms with Gasteiger partial charge < -0.3 is 5.84 Å². The Hall–Kier alpha value is -0.530. The van der Waals surface area contributed by atoms with Gasteiger partial charge in [-0.05, 0) is 11.8 Å². The maximum atomic E-state index is 4.91. The lowest BCUT2D eigenvalue weighted by atomic mass is 9.93. The maximum Gasteiger partial charge on any atom is 0.0245 e. The Morgan fingerprint density at radius 3 is 2.12 bits per heavy atom. The summed E-state index contributed by atoms with van der Waals surface area (Å²) in [6, 6.07) is 0. The van der Waals surface area contributed by atoms with Crippen molar-refractivity contribution in [2.24, 2.45) is 16.4 Å². The molecule has 0 spiro atoms. The van der Waals surface area contributed by atoms with Crippen molar-refractivity contribution in [2.45, 2.75) is 27.2 Å². The third kappa shape index (κ3) is 5.47. The van der Waals surface area contributed by atoms with E-state index >= 15 is 0 Å². The van der Waals surface area contributed by atoms with Crippen LogP contribution in [-0.4, -0.2) is 6.21 Å². The standard InChI is InChI=1S/C6H14N2/c1-6(2,3)4-5-8-7/h5H,4,7H2,1-3H3/b8-5+. The zero-order chi connectivity index (χ0) is 6.62. The second kappa shape index (κ2) is 2.70. The van der Waals surface area contributed by atoms with Crippen molar-refractivity contribution in [3.63, 3.8) is 0 Å². The molecule has 0 aromatic heterocycles. The second-order valence-electron chi connectivity index (χ2n) is 3.10. The molecule has 0 saturated carbocycles. The molecule has 0 atom stereocenters. The molecule has 2 nitrogen and oxygen atoms in total. The van der Waals surface area contributed by atoms with Gasteiger partial charge in [-0.2, -0.15) is 5.10 Å². The van der Waals surface area contributed by atoms with E-state index in [-0.39, 0.29) is 0 Å². The van der Waals surface area contributed by atoms with Crippen LogP contribution in [0.25, 0.3) is 0 Å². The fraction of sp³-hybridized carbons (Fsp3) is 0.833. The van der Waals surface area contributed by atoms with E-state index in [0.29, 0.717) is 5.41 Å². The Balaban J connectivity index is 3.39. The first-order valence-corrected chi connectivity index (χ1v) is 2.78. The second-order valence-corrected chi connectivity index (χ2v) is 3.10. The molecule has 2 heteroatoms. The summed E-state index contributed by atoms with van der Waals surface area (Å²) in [6.45, 7) is 6.44. The number of rotatable bonds is 1. The summed E-state index contributed by atoms with van der Waals surface area (Å²) in [4.78, 5) is 0. The smallest absolute Gasteiger partial charge is 0.0245 e. The normalized spacial score (nSPS) is 12.9. The van der Waals surface area contributed by atoms with Gasteiger partial charge in [0.05, 0.1) is 0 Å². The molecule has 48 valence electrons. The molecule has 8 heavy (non-hydrogen) atoms. The Morgan fingerprint density at radius 2 is 2.00 bits per heavy atom. The van der Waals surface area contributed by atoms with Gasteiger partial charge in [0, 0.05) is 6.21 Å². The molecular weight excluding hydrogens is 100 g/mol. The Morgan fingerprint density at radius 1 is 1.50 bits per heavy atom. The minimum absolute atomic E-state index is 0.322. The van der Waals surface area contributed by atoms with Gasteiger partial charge >= 0.3 is 0 Å². The first-order chi connectivity index (χ1) is 3.56. The van der Waals surface area contributed by atoms with Gasteiger partial charge in [-0.3, -0.25) is 0 Å². The van der Waals surface area contributed by atoms with E-state index in [1.807, 2.05) is 0 Å². The van der Waals surface area contributed by atoms with Gasteiger partial charge in [0.2, 0.25) is 0 Å². The van der Waals surface area contributed by atoms with Gasteiger partial charge in [0.15, 0.2) is 0 Å². The number of hydrazone groups is 1. The summed E-state index contributed by atoms with van der Waals surface area (Å²) in [5.74, 6) is 4.91. The van der Waals surface area contributed by atoms with Gasteiger partial charge in [0.1, 0.15) is 0 Å². The van der Waals surface area contributed by atoms with Crippen molar-refractivity contribution in [3.8, 4) is 0 Å². The minimum atomic E-state index is 0.322. The summed E-state index contributed by atoms with van der Waals surface area (Å²) in [5, 5.41) is 3.40. The topological polar surface area (TPSA) is 38.4 Å². The van der Waals surface area contributed by atoms with E-state index in [9.17, 15) is 0 Å². The van der Waals surface area contributed by atoms with E-state index in [2.05, 4.69) is 25.9 Å². The lowest BCUT2D eigenvalue weighted by molar-refractivity contribution is 0.437. The number of nitrogens with two attached hydrogens (primary N) is 1. The molecule has 0 saturated heterocycles. The van der Waals surface area contributed by atoms with Crippen LogP contribution in [0.2, 0.25) is 0 Å². The van der Waals surface area contributed by atoms with Crippen LogP contribution in [0.15, 0.2) is 5.10 Å². The van der Waals surface area contributed by atoms with E-state index in [1.54, 1.807) is 6.21 Å². The predicted molar refractivity (Wildman–Crippen MR) is 36.8 cm³/mol. The molecule has 0 aromatic rings. The van der Waals surface area contributed by atoms with Crippen molar-refractivity contribution in [3.05, 3.63) is 0 Å². The van der Waals surface area contributed by atoms with Crippen molar-refractivity contribution in [1.29, 1.82) is 0 Å². The highest BCUT2D eigenvalue weighted by Gasteiger charge is 2.06. The average Bonchev–Trinajstić information content (AvgIpc) is 1.59. The average molecular weight is 114 g/mol. The molecule has 0 aliphatic carbocycles. The third-order valence-corrected chi connectivity index (χ3v) is 0.809. The van der Waals surface area contributed by atoms with Crippen LogP contribution in [0.1, 0.15) is 27.2 Å². The predicted octanol–water partition coefficient (Wildman–Crippen LogP) is 1.37. The zero-order valence-electron chi connectivity index (χ0n) is 5.81. The van der Waals surface area contributed by atoms with Crippen LogP contribution in [0.3, 0.4) is 0 Å². The van der Waals surface area contributed by atoms with E-state index in [4.69, 9.17) is 5.84 Å². The molecule has 0 rings (SSSR count). The first kappa shape index (κ1) is 7.47. The van der Waals surface area contributed by atoms with Crippen molar-refractivity contribution < 1.29 is 0 Å². The number of hydrogen-bond acceptors (Lipinski definition) is 2. The van der Waals surface area contributed by atoms with Gasteiger partial charge in [-0.25, -0.2) is 0 Å². The first-order valence-electron chi connectivity index (χ1n) is 2.78. The maximum absolute atomic E-state index is 4.91. The highest BCUT2D eigenvalue weighted by atomic mass is 15.1. The molecule has 0 aromatic carbocycles. The van der Waals surface area contributed by atoms with Crippen LogP contribution in [0.4, 0.5) is 0 Å². The van der Waals surface area contributed by atoms with Gasteiger partial charge in [-0.1, -0.05) is 20.8 Å². The molecule has 0 radical (unpaired) electrons. The lowest BCUT2D eigenvalue weighted by Crippen LogP contribution is -2.05. The van der Waals surface area contributed by atoms with Gasteiger partial charge in [-0.15, -0.1) is 0 Å². The highest BCUT2D eigenvalue weighted by molar-refractivity contribution is 5.57. The highest BCUT2D eigenvalue weighted by Crippen LogP contribution is 2.15. The van der Waals surface area contributed by atoms with E-state index in [1.165, 1.54) is 0 Å².